The number of aliphatic carboxylic acids is 1. The van der Waals surface area contributed by atoms with Gasteiger partial charge in [-0.25, -0.2) is 4.79 Å². The van der Waals surface area contributed by atoms with Crippen LogP contribution in [-0.4, -0.2) is 28.3 Å². The van der Waals surface area contributed by atoms with Crippen molar-refractivity contribution in [2.75, 3.05) is 0 Å². The molecule has 0 saturated heterocycles. The summed E-state index contributed by atoms with van der Waals surface area (Å²) in [5, 5.41) is 11.4. The van der Waals surface area contributed by atoms with Crippen LogP contribution in [0.3, 0.4) is 0 Å². The van der Waals surface area contributed by atoms with Crippen molar-refractivity contribution in [2.45, 2.75) is 70.4 Å². The lowest BCUT2D eigenvalue weighted by atomic mass is 10.1. The second kappa shape index (κ2) is 5.59. The molecule has 0 aromatic rings. The van der Waals surface area contributed by atoms with Crippen molar-refractivity contribution in [1.29, 1.82) is 0 Å². The predicted molar refractivity (Wildman–Crippen MR) is 67.4 cm³/mol. The van der Waals surface area contributed by atoms with E-state index in [9.17, 15) is 9.59 Å². The van der Waals surface area contributed by atoms with Crippen molar-refractivity contribution >= 4 is 12.1 Å². The molecule has 0 atom stereocenters. The van der Waals surface area contributed by atoms with Crippen LogP contribution in [0.5, 0.6) is 0 Å². The highest BCUT2D eigenvalue weighted by molar-refractivity contribution is 5.69. The molecule has 0 heterocycles. The average molecular weight is 257 g/mol. The van der Waals surface area contributed by atoms with Crippen molar-refractivity contribution in [3.05, 3.63) is 0 Å². The number of unbranched alkanes of at least 4 members (excludes halogenated alkanes) is 1. The monoisotopic (exact) mass is 257 g/mol. The summed E-state index contributed by atoms with van der Waals surface area (Å²) in [4.78, 5) is 22.0. The van der Waals surface area contributed by atoms with Crippen LogP contribution in [0.25, 0.3) is 0 Å². The van der Waals surface area contributed by atoms with Crippen molar-refractivity contribution in [3.8, 4) is 0 Å². The largest absolute Gasteiger partial charge is 0.481 e. The first-order valence-electron chi connectivity index (χ1n) is 6.45. The number of carbonyl (C=O) groups excluding carboxylic acids is 1. The van der Waals surface area contributed by atoms with Gasteiger partial charge in [0.1, 0.15) is 5.60 Å². The quantitative estimate of drug-likeness (QED) is 0.717. The molecule has 0 bridgehead atoms. The fraction of sp³-hybridized carbons (Fsp3) is 0.846. The fourth-order valence-electron chi connectivity index (χ4n) is 1.85. The molecule has 0 spiro atoms. The van der Waals surface area contributed by atoms with E-state index < -0.39 is 11.6 Å². The van der Waals surface area contributed by atoms with Crippen LogP contribution in [0.1, 0.15) is 59.3 Å². The Bertz CT molecular complexity index is 315. The number of hydrogen-bond donors (Lipinski definition) is 2. The standard InChI is InChI=1S/C13H23NO4/c1-12(2,3)18-11(17)14-13(8-9-13)7-5-4-6-10(15)16/h4-9H2,1-3H3,(H,14,17)(H,15,16). The van der Waals surface area contributed by atoms with Crippen LogP contribution in [0, 0.1) is 0 Å². The summed E-state index contributed by atoms with van der Waals surface area (Å²) in [6.45, 7) is 5.50. The number of hydrogen-bond acceptors (Lipinski definition) is 3. The van der Waals surface area contributed by atoms with Crippen LogP contribution in [-0.2, 0) is 9.53 Å². The fourth-order valence-corrected chi connectivity index (χ4v) is 1.85. The van der Waals surface area contributed by atoms with E-state index in [1.165, 1.54) is 0 Å². The molecular formula is C13H23NO4. The highest BCUT2D eigenvalue weighted by Gasteiger charge is 2.44. The lowest BCUT2D eigenvalue weighted by molar-refractivity contribution is -0.137. The van der Waals surface area contributed by atoms with Crippen molar-refractivity contribution < 1.29 is 19.4 Å². The van der Waals surface area contributed by atoms with Gasteiger partial charge in [0.25, 0.3) is 0 Å². The highest BCUT2D eigenvalue weighted by atomic mass is 16.6. The molecule has 1 amide bonds. The first-order chi connectivity index (χ1) is 8.22. The first-order valence-corrected chi connectivity index (χ1v) is 6.45. The van der Waals surface area contributed by atoms with E-state index in [1.54, 1.807) is 0 Å². The lowest BCUT2D eigenvalue weighted by Crippen LogP contribution is -2.40. The van der Waals surface area contributed by atoms with E-state index in [0.717, 1.165) is 25.7 Å². The number of ether oxygens (including phenoxy) is 1. The second-order valence-electron chi connectivity index (χ2n) is 6.01. The molecule has 1 aliphatic carbocycles. The number of carboxylic acid groups (broad SMARTS) is 1. The Morgan fingerprint density at radius 1 is 1.28 bits per heavy atom. The molecule has 5 heteroatoms. The number of amides is 1. The summed E-state index contributed by atoms with van der Waals surface area (Å²) in [6.07, 6.45) is 4.05. The van der Waals surface area contributed by atoms with Gasteiger partial charge in [0, 0.05) is 12.0 Å². The zero-order valence-electron chi connectivity index (χ0n) is 11.4. The smallest absolute Gasteiger partial charge is 0.408 e. The summed E-state index contributed by atoms with van der Waals surface area (Å²) >= 11 is 0. The molecule has 0 aromatic carbocycles. The Kier molecular flexibility index (Phi) is 4.59. The van der Waals surface area contributed by atoms with Crippen LogP contribution < -0.4 is 5.32 Å². The molecule has 1 saturated carbocycles. The number of carboxylic acids is 1. The van der Waals surface area contributed by atoms with Gasteiger partial charge in [-0.1, -0.05) is 6.42 Å². The van der Waals surface area contributed by atoms with Crippen LogP contribution in [0.15, 0.2) is 0 Å². The van der Waals surface area contributed by atoms with Gasteiger partial charge in [0.15, 0.2) is 0 Å². The molecular weight excluding hydrogens is 234 g/mol. The first kappa shape index (κ1) is 14.8. The van der Waals surface area contributed by atoms with Crippen molar-refractivity contribution in [3.63, 3.8) is 0 Å². The minimum atomic E-state index is -0.764. The Balaban J connectivity index is 2.24. The molecule has 0 aliphatic heterocycles. The molecule has 18 heavy (non-hydrogen) atoms. The topological polar surface area (TPSA) is 75.6 Å². The average Bonchev–Trinajstić information content (AvgIpc) is 2.89. The van der Waals surface area contributed by atoms with E-state index >= 15 is 0 Å². The van der Waals surface area contributed by atoms with Crippen LogP contribution in [0.4, 0.5) is 4.79 Å². The maximum atomic E-state index is 11.6. The van der Waals surface area contributed by atoms with Gasteiger partial charge < -0.3 is 15.2 Å². The molecule has 1 aliphatic rings. The van der Waals surface area contributed by atoms with E-state index in [1.807, 2.05) is 20.8 Å². The van der Waals surface area contributed by atoms with E-state index in [4.69, 9.17) is 9.84 Å². The van der Waals surface area contributed by atoms with Crippen LogP contribution >= 0.6 is 0 Å². The number of nitrogens with one attached hydrogen (secondary N) is 1. The summed E-state index contributed by atoms with van der Waals surface area (Å²) < 4.78 is 5.21. The van der Waals surface area contributed by atoms with Gasteiger partial charge in [-0.2, -0.15) is 0 Å². The summed E-state index contributed by atoms with van der Waals surface area (Å²) in [6, 6.07) is 0. The van der Waals surface area contributed by atoms with Crippen LogP contribution in [0.2, 0.25) is 0 Å². The van der Waals surface area contributed by atoms with Gasteiger partial charge in [0.05, 0.1) is 0 Å². The third kappa shape index (κ3) is 5.89. The molecule has 0 aromatic heterocycles. The van der Waals surface area contributed by atoms with Gasteiger partial charge in [-0.15, -0.1) is 0 Å². The van der Waals surface area contributed by atoms with E-state index in [2.05, 4.69) is 5.32 Å². The number of alkyl carbamates (subject to hydrolysis) is 1. The van der Waals surface area contributed by atoms with Gasteiger partial charge >= 0.3 is 12.1 Å². The molecule has 0 radical (unpaired) electrons. The molecule has 5 nitrogen and oxygen atoms in total. The zero-order chi connectivity index (χ0) is 13.8. The highest BCUT2D eigenvalue weighted by Crippen LogP contribution is 2.40. The molecule has 104 valence electrons. The summed E-state index contributed by atoms with van der Waals surface area (Å²) in [5.74, 6) is -0.764. The minimum Gasteiger partial charge on any atom is -0.481 e. The lowest BCUT2D eigenvalue weighted by Gasteiger charge is -2.23. The third-order valence-electron chi connectivity index (χ3n) is 2.92. The third-order valence-corrected chi connectivity index (χ3v) is 2.92. The summed E-state index contributed by atoms with van der Waals surface area (Å²) in [7, 11) is 0. The number of carbonyl (C=O) groups is 2. The van der Waals surface area contributed by atoms with E-state index in [0.29, 0.717) is 6.42 Å². The second-order valence-corrected chi connectivity index (χ2v) is 6.01. The van der Waals surface area contributed by atoms with Crippen molar-refractivity contribution in [1.82, 2.24) is 5.32 Å². The minimum absolute atomic E-state index is 0.138. The normalized spacial score (nSPS) is 17.1. The SMILES string of the molecule is CC(C)(C)OC(=O)NC1(CCCCC(=O)O)CC1. The van der Waals surface area contributed by atoms with Gasteiger partial charge in [0.2, 0.25) is 0 Å². The molecule has 2 N–H and O–H groups in total. The van der Waals surface area contributed by atoms with Crippen molar-refractivity contribution in [2.24, 2.45) is 0 Å². The van der Waals surface area contributed by atoms with Gasteiger partial charge in [-0.05, 0) is 46.5 Å². The Morgan fingerprint density at radius 3 is 2.33 bits per heavy atom. The number of rotatable bonds is 6. The summed E-state index contributed by atoms with van der Waals surface area (Å²) in [5.41, 5.74) is -0.621. The van der Waals surface area contributed by atoms with E-state index in [-0.39, 0.29) is 18.1 Å². The van der Waals surface area contributed by atoms with Gasteiger partial charge in [-0.3, -0.25) is 4.79 Å². The Hall–Kier alpha value is -1.26. The maximum absolute atomic E-state index is 11.6. The Labute approximate surface area is 108 Å². The molecule has 1 fully saturated rings. The molecule has 1 rings (SSSR count). The zero-order valence-corrected chi connectivity index (χ0v) is 11.4. The Morgan fingerprint density at radius 2 is 1.89 bits per heavy atom. The predicted octanol–water partition coefficient (Wildman–Crippen LogP) is 2.69. The maximum Gasteiger partial charge on any atom is 0.408 e. The molecule has 0 unspecified atom stereocenters.